The van der Waals surface area contributed by atoms with E-state index in [1.165, 1.54) is 29.6 Å². The fraction of sp³-hybridized carbons (Fsp3) is 0.667. The molecule has 0 aliphatic rings. The van der Waals surface area contributed by atoms with Crippen LogP contribution in [-0.4, -0.2) is 14.9 Å². The molecule has 0 spiro atoms. The van der Waals surface area contributed by atoms with Crippen LogP contribution >= 0.6 is 0 Å². The van der Waals surface area contributed by atoms with E-state index in [2.05, 4.69) is 65.6 Å². The maximum absolute atomic E-state index is 5.84. The van der Waals surface area contributed by atoms with Crippen LogP contribution < -0.4 is 0 Å². The second-order valence-corrected chi connectivity index (χ2v) is 11.4. The maximum Gasteiger partial charge on any atom is 0.184 e. The third kappa shape index (κ3) is 13.8. The first kappa shape index (κ1) is 19.4. The molecule has 0 saturated heterocycles. The lowest BCUT2D eigenvalue weighted by molar-refractivity contribution is 0.356. The first-order valence-corrected chi connectivity index (χ1v) is 11.2. The van der Waals surface area contributed by atoms with Crippen molar-refractivity contribution in [3.63, 3.8) is 0 Å². The second-order valence-electron chi connectivity index (χ2n) is 6.88. The van der Waals surface area contributed by atoms with Crippen molar-refractivity contribution in [2.45, 2.75) is 73.0 Å². The second kappa shape index (κ2) is 10.2. The Labute approximate surface area is 127 Å². The van der Waals surface area contributed by atoms with Crippen LogP contribution in [0, 0.1) is 0 Å². The molecule has 0 aromatic carbocycles. The van der Waals surface area contributed by atoms with Crippen molar-refractivity contribution in [3.8, 4) is 0 Å². The highest BCUT2D eigenvalue weighted by atomic mass is 28.4. The van der Waals surface area contributed by atoms with Gasteiger partial charge in [0.05, 0.1) is 6.61 Å². The minimum Gasteiger partial charge on any atom is -0.414 e. The first-order valence-electron chi connectivity index (χ1n) is 7.79. The minimum absolute atomic E-state index is 0.783. The van der Waals surface area contributed by atoms with Crippen molar-refractivity contribution in [2.75, 3.05) is 6.61 Å². The zero-order chi connectivity index (χ0) is 15.6. The van der Waals surface area contributed by atoms with Crippen molar-refractivity contribution in [2.24, 2.45) is 0 Å². The normalized spacial score (nSPS) is 13.6. The van der Waals surface area contributed by atoms with Gasteiger partial charge in [0.15, 0.2) is 8.32 Å². The van der Waals surface area contributed by atoms with Crippen LogP contribution in [0.1, 0.15) is 53.4 Å². The summed E-state index contributed by atoms with van der Waals surface area (Å²) < 4.78 is 5.84. The van der Waals surface area contributed by atoms with Crippen LogP contribution in [0.15, 0.2) is 34.9 Å². The molecule has 0 aliphatic carbocycles. The molecular weight excluding hydrogens is 260 g/mol. The molecule has 0 heterocycles. The Kier molecular flexibility index (Phi) is 9.86. The molecule has 1 nitrogen and oxygen atoms in total. The van der Waals surface area contributed by atoms with E-state index in [0.717, 1.165) is 19.4 Å². The topological polar surface area (TPSA) is 9.23 Å². The van der Waals surface area contributed by atoms with Gasteiger partial charge >= 0.3 is 0 Å². The van der Waals surface area contributed by atoms with Crippen LogP contribution in [-0.2, 0) is 4.43 Å². The van der Waals surface area contributed by atoms with E-state index < -0.39 is 8.32 Å². The average molecular weight is 295 g/mol. The predicted molar refractivity (Wildman–Crippen MR) is 94.7 cm³/mol. The molecule has 0 rings (SSSR count). The zero-order valence-electron chi connectivity index (χ0n) is 14.7. The van der Waals surface area contributed by atoms with E-state index in [1.54, 1.807) is 0 Å². The Morgan fingerprint density at radius 1 is 0.800 bits per heavy atom. The van der Waals surface area contributed by atoms with E-state index in [1.807, 2.05) is 0 Å². The molecule has 0 saturated carbocycles. The summed E-state index contributed by atoms with van der Waals surface area (Å²) in [5.74, 6) is 0. The van der Waals surface area contributed by atoms with Crippen molar-refractivity contribution in [1.82, 2.24) is 0 Å². The molecule has 0 aliphatic heterocycles. The average Bonchev–Trinajstić information content (AvgIpc) is 2.26. The lowest BCUT2D eigenvalue weighted by Gasteiger charge is -2.15. The molecule has 0 bridgehead atoms. The van der Waals surface area contributed by atoms with Crippen LogP contribution in [0.25, 0.3) is 0 Å². The molecule has 0 unspecified atom stereocenters. The third-order valence-electron chi connectivity index (χ3n) is 3.07. The lowest BCUT2D eigenvalue weighted by Crippen LogP contribution is -2.25. The van der Waals surface area contributed by atoms with Crippen LogP contribution in [0.5, 0.6) is 0 Å². The first-order chi connectivity index (χ1) is 9.20. The molecule has 20 heavy (non-hydrogen) atoms. The summed E-state index contributed by atoms with van der Waals surface area (Å²) in [6.07, 6.45) is 11.6. The summed E-state index contributed by atoms with van der Waals surface area (Å²) in [5, 5.41) is 0. The van der Waals surface area contributed by atoms with Crippen molar-refractivity contribution < 1.29 is 4.43 Å². The Morgan fingerprint density at radius 3 is 1.80 bits per heavy atom. The maximum atomic E-state index is 5.84. The number of hydrogen-bond acceptors (Lipinski definition) is 1. The fourth-order valence-electron chi connectivity index (χ4n) is 1.77. The number of rotatable bonds is 9. The quantitative estimate of drug-likeness (QED) is 0.360. The van der Waals surface area contributed by atoms with Gasteiger partial charge in [-0.2, -0.15) is 0 Å². The van der Waals surface area contributed by atoms with Crippen molar-refractivity contribution in [1.29, 1.82) is 0 Å². The third-order valence-corrected chi connectivity index (χ3v) is 4.10. The Balaban J connectivity index is 3.91. The van der Waals surface area contributed by atoms with Crippen LogP contribution in [0.3, 0.4) is 0 Å². The van der Waals surface area contributed by atoms with Gasteiger partial charge in [0.25, 0.3) is 0 Å². The SMILES string of the molecule is CC(C)=CCCC(C)=CCCC(C)=CCO[Si](C)(C)C. The molecule has 0 fully saturated rings. The highest BCUT2D eigenvalue weighted by Crippen LogP contribution is 2.11. The van der Waals surface area contributed by atoms with E-state index in [9.17, 15) is 0 Å². The van der Waals surface area contributed by atoms with E-state index in [4.69, 9.17) is 4.43 Å². The Bertz CT molecular complexity index is 352. The number of allylic oxidation sites excluding steroid dienone is 5. The van der Waals surface area contributed by atoms with Gasteiger partial charge < -0.3 is 4.43 Å². The molecule has 0 amide bonds. The summed E-state index contributed by atoms with van der Waals surface area (Å²) >= 11 is 0. The standard InChI is InChI=1S/C18H34OSi/c1-16(2)10-8-11-17(3)12-9-13-18(4)14-15-19-20(5,6)7/h10,12,14H,8-9,11,13,15H2,1-7H3. The molecule has 0 radical (unpaired) electrons. The minimum atomic E-state index is -1.36. The summed E-state index contributed by atoms with van der Waals surface area (Å²) in [5.41, 5.74) is 4.37. The zero-order valence-corrected chi connectivity index (χ0v) is 15.7. The van der Waals surface area contributed by atoms with Gasteiger partial charge in [-0.05, 0) is 73.0 Å². The summed E-state index contributed by atoms with van der Waals surface area (Å²) in [7, 11) is -1.36. The largest absolute Gasteiger partial charge is 0.414 e. The van der Waals surface area contributed by atoms with E-state index >= 15 is 0 Å². The van der Waals surface area contributed by atoms with Gasteiger partial charge in [0, 0.05) is 0 Å². The molecule has 2 heteroatoms. The van der Waals surface area contributed by atoms with Gasteiger partial charge in [-0.15, -0.1) is 0 Å². The monoisotopic (exact) mass is 294 g/mol. The molecule has 0 N–H and O–H groups in total. The Morgan fingerprint density at radius 2 is 1.30 bits per heavy atom. The molecule has 0 aromatic rings. The predicted octanol–water partition coefficient (Wildman–Crippen LogP) is 6.26. The highest BCUT2D eigenvalue weighted by molar-refractivity contribution is 6.69. The molecular formula is C18H34OSi. The number of hydrogen-bond donors (Lipinski definition) is 0. The van der Waals surface area contributed by atoms with Crippen molar-refractivity contribution in [3.05, 3.63) is 34.9 Å². The summed E-state index contributed by atoms with van der Waals surface area (Å²) in [4.78, 5) is 0. The molecule has 0 aromatic heterocycles. The lowest BCUT2D eigenvalue weighted by atomic mass is 10.1. The highest BCUT2D eigenvalue weighted by Gasteiger charge is 2.12. The van der Waals surface area contributed by atoms with Crippen LogP contribution in [0.2, 0.25) is 19.6 Å². The van der Waals surface area contributed by atoms with Gasteiger partial charge in [0.2, 0.25) is 0 Å². The molecule has 0 atom stereocenters. The smallest absolute Gasteiger partial charge is 0.184 e. The van der Waals surface area contributed by atoms with Gasteiger partial charge in [-0.25, -0.2) is 0 Å². The summed E-state index contributed by atoms with van der Waals surface area (Å²) in [6, 6.07) is 0. The van der Waals surface area contributed by atoms with E-state index in [0.29, 0.717) is 0 Å². The van der Waals surface area contributed by atoms with Gasteiger partial charge in [0.1, 0.15) is 0 Å². The fourth-order valence-corrected chi connectivity index (χ4v) is 2.36. The van der Waals surface area contributed by atoms with E-state index in [-0.39, 0.29) is 0 Å². The molecule has 116 valence electrons. The summed E-state index contributed by atoms with van der Waals surface area (Å²) in [6.45, 7) is 16.3. The van der Waals surface area contributed by atoms with Crippen LogP contribution in [0.4, 0.5) is 0 Å². The van der Waals surface area contributed by atoms with Gasteiger partial charge in [-0.3, -0.25) is 0 Å². The van der Waals surface area contributed by atoms with Gasteiger partial charge in [-0.1, -0.05) is 34.9 Å². The van der Waals surface area contributed by atoms with Crippen molar-refractivity contribution >= 4 is 8.32 Å². The Hall–Kier alpha value is -0.603.